The molecule has 4 aromatic heterocycles. The van der Waals surface area contributed by atoms with Gasteiger partial charge in [-0.05, 0) is 25.1 Å². The highest BCUT2D eigenvalue weighted by molar-refractivity contribution is 5.68. The Hall–Kier alpha value is -3.29. The lowest BCUT2D eigenvalue weighted by atomic mass is 10.2. The van der Waals surface area contributed by atoms with Gasteiger partial charge in [0.1, 0.15) is 12.0 Å². The normalized spacial score (nSPS) is 11.1. The van der Waals surface area contributed by atoms with E-state index in [4.69, 9.17) is 4.52 Å². The van der Waals surface area contributed by atoms with Crippen molar-refractivity contribution >= 4 is 11.3 Å². The van der Waals surface area contributed by atoms with E-state index in [9.17, 15) is 0 Å². The molecule has 0 atom stereocenters. The lowest BCUT2D eigenvalue weighted by molar-refractivity contribution is 0.385. The molecule has 0 bridgehead atoms. The maximum Gasteiger partial charge on any atom is 0.200 e. The number of pyridine rings is 1. The first kappa shape index (κ1) is 14.3. The largest absolute Gasteiger partial charge is 0.364 e. The van der Waals surface area contributed by atoms with E-state index in [-0.39, 0.29) is 0 Å². The first-order valence-electron chi connectivity index (χ1n) is 7.45. The summed E-state index contributed by atoms with van der Waals surface area (Å²) in [5.41, 5.74) is 4.21. The quantitative estimate of drug-likeness (QED) is 0.569. The van der Waals surface area contributed by atoms with Gasteiger partial charge >= 0.3 is 0 Å². The van der Waals surface area contributed by atoms with E-state index in [0.717, 1.165) is 28.4 Å². The standard InChI is InChI=1S/C16H15N7O/c1-11-6-15(16-19-18-10-23(16)20-11)22(2)9-13-7-14(21-24-13)12-4-3-5-17-8-12/h3-8,10H,9H2,1-2H3. The van der Waals surface area contributed by atoms with E-state index in [0.29, 0.717) is 12.2 Å². The Morgan fingerprint density at radius 1 is 1.29 bits per heavy atom. The van der Waals surface area contributed by atoms with Crippen LogP contribution < -0.4 is 4.90 Å². The van der Waals surface area contributed by atoms with Crippen molar-refractivity contribution in [3.8, 4) is 11.3 Å². The van der Waals surface area contributed by atoms with Gasteiger partial charge in [0.25, 0.3) is 0 Å². The Bertz CT molecular complexity index is 976. The first-order chi connectivity index (χ1) is 11.7. The number of rotatable bonds is 4. The molecule has 0 aromatic carbocycles. The van der Waals surface area contributed by atoms with Gasteiger partial charge in [0.15, 0.2) is 5.76 Å². The number of hydrogen-bond donors (Lipinski definition) is 0. The van der Waals surface area contributed by atoms with Crippen molar-refractivity contribution in [2.45, 2.75) is 13.5 Å². The minimum atomic E-state index is 0.555. The summed E-state index contributed by atoms with van der Waals surface area (Å²) in [6.07, 6.45) is 5.08. The number of hydrogen-bond acceptors (Lipinski definition) is 7. The van der Waals surface area contributed by atoms with Gasteiger partial charge in [-0.15, -0.1) is 10.2 Å². The van der Waals surface area contributed by atoms with Gasteiger partial charge in [0.2, 0.25) is 5.65 Å². The number of anilines is 1. The molecule has 0 radical (unpaired) electrons. The van der Waals surface area contributed by atoms with Crippen LogP contribution in [0.15, 0.2) is 47.5 Å². The molecule has 4 aromatic rings. The highest BCUT2D eigenvalue weighted by Gasteiger charge is 2.14. The second kappa shape index (κ2) is 5.73. The minimum Gasteiger partial charge on any atom is -0.364 e. The van der Waals surface area contributed by atoms with Crippen LogP contribution in [0.1, 0.15) is 11.5 Å². The van der Waals surface area contributed by atoms with Crippen LogP contribution in [-0.4, -0.2) is 37.0 Å². The fraction of sp³-hybridized carbons (Fsp3) is 0.188. The van der Waals surface area contributed by atoms with Crippen LogP contribution >= 0.6 is 0 Å². The number of aryl methyl sites for hydroxylation is 1. The third-order valence-corrected chi connectivity index (χ3v) is 3.69. The van der Waals surface area contributed by atoms with Crippen molar-refractivity contribution in [2.24, 2.45) is 0 Å². The van der Waals surface area contributed by atoms with E-state index in [1.54, 1.807) is 23.2 Å². The first-order valence-corrected chi connectivity index (χ1v) is 7.45. The number of aromatic nitrogens is 6. The van der Waals surface area contributed by atoms with Gasteiger partial charge in [-0.25, -0.2) is 0 Å². The van der Waals surface area contributed by atoms with E-state index in [2.05, 4.69) is 25.4 Å². The predicted molar refractivity (Wildman–Crippen MR) is 87.4 cm³/mol. The van der Waals surface area contributed by atoms with Crippen LogP contribution in [0.2, 0.25) is 0 Å². The lowest BCUT2D eigenvalue weighted by Gasteiger charge is -2.18. The average Bonchev–Trinajstić information content (AvgIpc) is 3.24. The van der Waals surface area contributed by atoms with Crippen LogP contribution in [-0.2, 0) is 6.54 Å². The fourth-order valence-electron chi connectivity index (χ4n) is 2.57. The molecule has 0 spiro atoms. The van der Waals surface area contributed by atoms with Gasteiger partial charge in [0.05, 0.1) is 17.9 Å². The van der Waals surface area contributed by atoms with Crippen molar-refractivity contribution in [3.05, 3.63) is 54.4 Å². The molecule has 4 heterocycles. The second-order valence-corrected chi connectivity index (χ2v) is 5.55. The van der Waals surface area contributed by atoms with Crippen molar-refractivity contribution in [2.75, 3.05) is 11.9 Å². The third kappa shape index (κ3) is 2.58. The van der Waals surface area contributed by atoms with Crippen LogP contribution in [0, 0.1) is 6.92 Å². The smallest absolute Gasteiger partial charge is 0.200 e. The van der Waals surface area contributed by atoms with E-state index in [1.807, 2.05) is 43.1 Å². The molecule has 4 rings (SSSR count). The van der Waals surface area contributed by atoms with E-state index >= 15 is 0 Å². The van der Waals surface area contributed by atoms with Crippen molar-refractivity contribution in [1.82, 2.24) is 30.0 Å². The molecule has 0 amide bonds. The minimum absolute atomic E-state index is 0.555. The molecule has 8 nitrogen and oxygen atoms in total. The number of fused-ring (bicyclic) bond motifs is 1. The summed E-state index contributed by atoms with van der Waals surface area (Å²) in [5.74, 6) is 0.753. The van der Waals surface area contributed by atoms with Gasteiger partial charge in [-0.1, -0.05) is 5.16 Å². The SMILES string of the molecule is Cc1cc(N(C)Cc2cc(-c3cccnc3)no2)c2nncn2n1. The molecule has 0 unspecified atom stereocenters. The highest BCUT2D eigenvalue weighted by atomic mass is 16.5. The Morgan fingerprint density at radius 3 is 3.04 bits per heavy atom. The van der Waals surface area contributed by atoms with Gasteiger partial charge in [0, 0.05) is 31.1 Å². The van der Waals surface area contributed by atoms with Crippen LogP contribution in [0.3, 0.4) is 0 Å². The Morgan fingerprint density at radius 2 is 2.21 bits per heavy atom. The molecule has 0 N–H and O–H groups in total. The lowest BCUT2D eigenvalue weighted by Crippen LogP contribution is -2.17. The highest BCUT2D eigenvalue weighted by Crippen LogP contribution is 2.23. The zero-order valence-corrected chi connectivity index (χ0v) is 13.3. The Labute approximate surface area is 137 Å². The van der Waals surface area contributed by atoms with Crippen molar-refractivity contribution < 1.29 is 4.52 Å². The molecular formula is C16H15N7O. The molecule has 0 aliphatic heterocycles. The summed E-state index contributed by atoms with van der Waals surface area (Å²) in [6, 6.07) is 7.72. The zero-order valence-electron chi connectivity index (χ0n) is 13.3. The van der Waals surface area contributed by atoms with Crippen molar-refractivity contribution in [3.63, 3.8) is 0 Å². The summed E-state index contributed by atoms with van der Waals surface area (Å²) in [4.78, 5) is 6.13. The Balaban J connectivity index is 1.61. The molecule has 0 aliphatic carbocycles. The third-order valence-electron chi connectivity index (χ3n) is 3.69. The zero-order chi connectivity index (χ0) is 16.5. The summed E-state index contributed by atoms with van der Waals surface area (Å²) in [7, 11) is 1.97. The van der Waals surface area contributed by atoms with Gasteiger partial charge in [-0.3, -0.25) is 4.98 Å². The fourth-order valence-corrected chi connectivity index (χ4v) is 2.57. The Kier molecular flexibility index (Phi) is 3.42. The maximum atomic E-state index is 5.46. The molecule has 120 valence electrons. The van der Waals surface area contributed by atoms with Gasteiger partial charge < -0.3 is 9.42 Å². The molecule has 0 aliphatic rings. The van der Waals surface area contributed by atoms with Crippen LogP contribution in [0.25, 0.3) is 16.9 Å². The van der Waals surface area contributed by atoms with E-state index in [1.165, 1.54) is 0 Å². The molecule has 24 heavy (non-hydrogen) atoms. The molecule has 0 fully saturated rings. The predicted octanol–water partition coefficient (Wildman–Crippen LogP) is 2.12. The van der Waals surface area contributed by atoms with E-state index < -0.39 is 0 Å². The van der Waals surface area contributed by atoms with Crippen molar-refractivity contribution in [1.29, 1.82) is 0 Å². The van der Waals surface area contributed by atoms with Gasteiger partial charge in [-0.2, -0.15) is 9.61 Å². The second-order valence-electron chi connectivity index (χ2n) is 5.55. The molecule has 0 saturated heterocycles. The summed E-state index contributed by atoms with van der Waals surface area (Å²) in [6.45, 7) is 2.49. The summed E-state index contributed by atoms with van der Waals surface area (Å²) >= 11 is 0. The molecular weight excluding hydrogens is 306 g/mol. The monoisotopic (exact) mass is 321 g/mol. The maximum absolute atomic E-state index is 5.46. The number of nitrogens with zero attached hydrogens (tertiary/aromatic N) is 7. The van der Waals surface area contributed by atoms with Crippen LogP contribution in [0.4, 0.5) is 5.69 Å². The topological polar surface area (TPSA) is 85.2 Å². The molecule has 8 heteroatoms. The summed E-state index contributed by atoms with van der Waals surface area (Å²) < 4.78 is 7.13. The average molecular weight is 321 g/mol. The molecule has 0 saturated carbocycles. The summed E-state index contributed by atoms with van der Waals surface area (Å²) in [5, 5.41) is 16.5. The van der Waals surface area contributed by atoms with Crippen LogP contribution in [0.5, 0.6) is 0 Å².